The Hall–Kier alpha value is -1.86. The van der Waals surface area contributed by atoms with Crippen LogP contribution in [-0.4, -0.2) is 37.4 Å². The van der Waals surface area contributed by atoms with Gasteiger partial charge >= 0.3 is 0 Å². The molecule has 6 nitrogen and oxygen atoms in total. The number of nitrogens with zero attached hydrogens (tertiary/aromatic N) is 2. The highest BCUT2D eigenvalue weighted by molar-refractivity contribution is 7.85. The quantitative estimate of drug-likeness (QED) is 0.750. The zero-order chi connectivity index (χ0) is 14.5. The lowest BCUT2D eigenvalue weighted by atomic mass is 10.2. The maximum atomic E-state index is 10.5. The SMILES string of the molecule is CN1CC=CN=C1N.Cc1ccc(S(=O)(=O)O)cc1. The van der Waals surface area contributed by atoms with E-state index in [1.165, 1.54) is 12.1 Å². The van der Waals surface area contributed by atoms with Crippen molar-refractivity contribution in [2.75, 3.05) is 13.6 Å². The van der Waals surface area contributed by atoms with E-state index in [4.69, 9.17) is 10.3 Å². The minimum atomic E-state index is -4.02. The first-order chi connectivity index (χ1) is 8.80. The molecule has 3 N–H and O–H groups in total. The van der Waals surface area contributed by atoms with Crippen LogP contribution in [0.5, 0.6) is 0 Å². The molecule has 1 heterocycles. The fourth-order valence-electron chi connectivity index (χ4n) is 1.24. The summed E-state index contributed by atoms with van der Waals surface area (Å²) in [6.07, 6.45) is 3.67. The maximum absolute atomic E-state index is 10.5. The molecule has 0 amide bonds. The summed E-state index contributed by atoms with van der Waals surface area (Å²) in [5, 5.41) is 0. The van der Waals surface area contributed by atoms with Crippen molar-refractivity contribution in [3.8, 4) is 0 Å². The Labute approximate surface area is 113 Å². The van der Waals surface area contributed by atoms with E-state index in [1.54, 1.807) is 18.3 Å². The topological polar surface area (TPSA) is 96.0 Å². The fourth-order valence-corrected chi connectivity index (χ4v) is 1.72. The van der Waals surface area contributed by atoms with E-state index in [-0.39, 0.29) is 4.90 Å². The van der Waals surface area contributed by atoms with Gasteiger partial charge in [-0.1, -0.05) is 17.7 Å². The van der Waals surface area contributed by atoms with Crippen molar-refractivity contribution in [1.29, 1.82) is 0 Å². The average Bonchev–Trinajstić information content (AvgIpc) is 2.33. The molecule has 0 fully saturated rings. The van der Waals surface area contributed by atoms with Crippen molar-refractivity contribution < 1.29 is 13.0 Å². The van der Waals surface area contributed by atoms with Crippen LogP contribution < -0.4 is 5.73 Å². The Morgan fingerprint density at radius 2 is 1.89 bits per heavy atom. The lowest BCUT2D eigenvalue weighted by Crippen LogP contribution is -2.35. The largest absolute Gasteiger partial charge is 0.370 e. The number of aliphatic imine (C=N–C) groups is 1. The molecular formula is C12H17N3O3S. The summed E-state index contributed by atoms with van der Waals surface area (Å²) in [5.41, 5.74) is 6.36. The molecule has 7 heteroatoms. The fraction of sp³-hybridized carbons (Fsp3) is 0.250. The molecule has 2 rings (SSSR count). The lowest BCUT2D eigenvalue weighted by molar-refractivity contribution is 0.483. The summed E-state index contributed by atoms with van der Waals surface area (Å²) in [4.78, 5) is 5.66. The van der Waals surface area contributed by atoms with Crippen molar-refractivity contribution in [3.05, 3.63) is 42.1 Å². The van der Waals surface area contributed by atoms with Crippen LogP contribution >= 0.6 is 0 Å². The molecule has 0 unspecified atom stereocenters. The second kappa shape index (κ2) is 6.35. The molecule has 0 atom stereocenters. The predicted molar refractivity (Wildman–Crippen MR) is 74.4 cm³/mol. The van der Waals surface area contributed by atoms with Crippen LogP contribution in [-0.2, 0) is 10.1 Å². The second-order valence-corrected chi connectivity index (χ2v) is 5.46. The smallest absolute Gasteiger partial charge is 0.294 e. The third-order valence-electron chi connectivity index (χ3n) is 2.40. The van der Waals surface area contributed by atoms with Gasteiger partial charge in [-0.3, -0.25) is 4.55 Å². The number of benzene rings is 1. The Morgan fingerprint density at radius 1 is 1.32 bits per heavy atom. The zero-order valence-electron chi connectivity index (χ0n) is 10.8. The van der Waals surface area contributed by atoms with Gasteiger partial charge in [0.05, 0.1) is 4.90 Å². The van der Waals surface area contributed by atoms with E-state index >= 15 is 0 Å². The summed E-state index contributed by atoms with van der Waals surface area (Å²) in [6.45, 7) is 2.71. The van der Waals surface area contributed by atoms with Crippen LogP contribution in [0.15, 0.2) is 46.4 Å². The van der Waals surface area contributed by atoms with Crippen LogP contribution in [0.1, 0.15) is 5.56 Å². The molecular weight excluding hydrogens is 266 g/mol. The number of hydrogen-bond acceptors (Lipinski definition) is 5. The summed E-state index contributed by atoms with van der Waals surface area (Å²) in [5.74, 6) is 0.590. The molecule has 1 aliphatic rings. The first-order valence-electron chi connectivity index (χ1n) is 5.54. The van der Waals surface area contributed by atoms with E-state index in [1.807, 2.05) is 24.9 Å². The summed E-state index contributed by atoms with van der Waals surface area (Å²) in [6, 6.07) is 5.99. The monoisotopic (exact) mass is 283 g/mol. The van der Waals surface area contributed by atoms with E-state index in [2.05, 4.69) is 4.99 Å². The molecule has 0 aliphatic carbocycles. The zero-order valence-corrected chi connectivity index (χ0v) is 11.6. The number of aryl methyl sites for hydroxylation is 1. The predicted octanol–water partition coefficient (Wildman–Crippen LogP) is 1.00. The molecule has 0 saturated carbocycles. The number of hydrogen-bond donors (Lipinski definition) is 2. The highest BCUT2D eigenvalue weighted by atomic mass is 32.2. The van der Waals surface area contributed by atoms with Gasteiger partial charge in [0, 0.05) is 19.8 Å². The minimum Gasteiger partial charge on any atom is -0.370 e. The Kier molecular flexibility index (Phi) is 5.08. The molecule has 1 aromatic rings. The third-order valence-corrected chi connectivity index (χ3v) is 3.27. The van der Waals surface area contributed by atoms with Crippen molar-refractivity contribution >= 4 is 16.1 Å². The maximum Gasteiger partial charge on any atom is 0.294 e. The van der Waals surface area contributed by atoms with Crippen LogP contribution in [0.25, 0.3) is 0 Å². The van der Waals surface area contributed by atoms with Gasteiger partial charge in [-0.25, -0.2) is 4.99 Å². The Balaban J connectivity index is 0.000000200. The normalized spacial score (nSPS) is 14.5. The van der Waals surface area contributed by atoms with Gasteiger partial charge in [-0.05, 0) is 25.1 Å². The van der Waals surface area contributed by atoms with Gasteiger partial charge in [0.25, 0.3) is 10.1 Å². The van der Waals surface area contributed by atoms with Crippen molar-refractivity contribution in [2.45, 2.75) is 11.8 Å². The van der Waals surface area contributed by atoms with Gasteiger partial charge in [-0.2, -0.15) is 8.42 Å². The number of rotatable bonds is 1. The third kappa shape index (κ3) is 5.11. The number of guanidine groups is 1. The molecule has 19 heavy (non-hydrogen) atoms. The van der Waals surface area contributed by atoms with Gasteiger partial charge in [-0.15, -0.1) is 0 Å². The number of nitrogens with two attached hydrogens (primary N) is 1. The van der Waals surface area contributed by atoms with E-state index in [0.717, 1.165) is 12.1 Å². The summed E-state index contributed by atoms with van der Waals surface area (Å²) in [7, 11) is -2.11. The standard InChI is InChI=1S/C7H8O3S.C5H9N3/c1-6-2-4-7(5-3-6)11(8,9)10;1-8-4-2-3-7-5(8)6/h2-5H,1H3,(H,8,9,10);2-3H,4H2,1H3,(H2,6,7). The van der Waals surface area contributed by atoms with Crippen molar-refractivity contribution in [2.24, 2.45) is 10.7 Å². The molecule has 0 saturated heterocycles. The molecule has 104 valence electrons. The van der Waals surface area contributed by atoms with Crippen molar-refractivity contribution in [3.63, 3.8) is 0 Å². The minimum absolute atomic E-state index is 0.0666. The first kappa shape index (κ1) is 15.2. The van der Waals surface area contributed by atoms with Crippen LogP contribution in [0.2, 0.25) is 0 Å². The lowest BCUT2D eigenvalue weighted by Gasteiger charge is -2.16. The summed E-state index contributed by atoms with van der Waals surface area (Å²) < 4.78 is 29.6. The van der Waals surface area contributed by atoms with Gasteiger partial charge in [0.15, 0.2) is 5.96 Å². The van der Waals surface area contributed by atoms with E-state index in [9.17, 15) is 8.42 Å². The first-order valence-corrected chi connectivity index (χ1v) is 6.98. The molecule has 0 radical (unpaired) electrons. The van der Waals surface area contributed by atoms with Crippen LogP contribution in [0, 0.1) is 6.92 Å². The van der Waals surface area contributed by atoms with E-state index < -0.39 is 10.1 Å². The van der Waals surface area contributed by atoms with Crippen molar-refractivity contribution in [1.82, 2.24) is 4.90 Å². The molecule has 1 aliphatic heterocycles. The van der Waals surface area contributed by atoms with Gasteiger partial charge in [0.2, 0.25) is 0 Å². The Bertz CT molecular complexity index is 577. The molecule has 0 bridgehead atoms. The Morgan fingerprint density at radius 3 is 2.26 bits per heavy atom. The van der Waals surface area contributed by atoms with Crippen LogP contribution in [0.4, 0.5) is 0 Å². The molecule has 1 aromatic carbocycles. The molecule has 0 spiro atoms. The molecule has 0 aromatic heterocycles. The van der Waals surface area contributed by atoms with Crippen LogP contribution in [0.3, 0.4) is 0 Å². The highest BCUT2D eigenvalue weighted by Crippen LogP contribution is 2.08. The van der Waals surface area contributed by atoms with Gasteiger partial charge < -0.3 is 10.6 Å². The van der Waals surface area contributed by atoms with E-state index in [0.29, 0.717) is 5.96 Å². The number of likely N-dealkylation sites (N-methyl/N-ethyl adjacent to an activating group) is 1. The highest BCUT2D eigenvalue weighted by Gasteiger charge is 2.06. The second-order valence-electron chi connectivity index (χ2n) is 4.04. The van der Waals surface area contributed by atoms with Gasteiger partial charge in [0.1, 0.15) is 0 Å². The average molecular weight is 283 g/mol. The summed E-state index contributed by atoms with van der Waals surface area (Å²) >= 11 is 0.